The second-order valence-electron chi connectivity index (χ2n) is 11.9. The van der Waals surface area contributed by atoms with E-state index in [2.05, 4.69) is 33.9 Å². The molecule has 1 fully saturated rings. The van der Waals surface area contributed by atoms with E-state index in [0.717, 1.165) is 16.7 Å². The smallest absolute Gasteiger partial charge is 0.192 e. The Hall–Kier alpha value is -2.36. The topological polar surface area (TPSA) is 66.4 Å². The maximum atomic E-state index is 11.3. The molecule has 1 heterocycles. The third-order valence-corrected chi connectivity index (χ3v) is 12.3. The number of hydrogen-bond donors (Lipinski definition) is 1. The molecule has 3 aromatic carbocycles. The molecule has 0 spiro atoms. The van der Waals surface area contributed by atoms with Crippen LogP contribution in [0.25, 0.3) is 0 Å². The van der Waals surface area contributed by atoms with Gasteiger partial charge < -0.3 is 28.5 Å². The van der Waals surface area contributed by atoms with E-state index in [1.165, 1.54) is 0 Å². The lowest BCUT2D eigenvalue weighted by atomic mass is 9.98. The molecular weight excluding hydrogens is 520 g/mol. The maximum Gasteiger partial charge on any atom is 0.192 e. The summed E-state index contributed by atoms with van der Waals surface area (Å²) in [5.74, 6) is 0. The van der Waals surface area contributed by atoms with Crippen LogP contribution >= 0.6 is 0 Å². The lowest BCUT2D eigenvalue weighted by Gasteiger charge is -2.48. The van der Waals surface area contributed by atoms with Gasteiger partial charge in [-0.25, -0.2) is 0 Å². The van der Waals surface area contributed by atoms with Gasteiger partial charge >= 0.3 is 0 Å². The molecule has 0 aliphatic carbocycles. The van der Waals surface area contributed by atoms with Crippen LogP contribution in [-0.4, -0.2) is 50.7 Å². The zero-order chi connectivity index (χ0) is 28.6. The van der Waals surface area contributed by atoms with Gasteiger partial charge in [-0.15, -0.1) is 0 Å². The largest absolute Gasteiger partial charge is 0.406 e. The molecule has 4 rings (SSSR count). The Morgan fingerprint density at radius 3 is 1.60 bits per heavy atom. The standard InChI is InChI=1S/C33H44O6Si/c1-33(2,3)40(4,5)39-31-30(37-23-27-19-13-8-14-20-27)29(36-22-26-17-11-7-12-18-26)28(38-32(31)34)24-35-21-25-15-9-6-10-16-25/h6-20,28-32,34H,21-24H2,1-5H3/t28-,29-,30+,31+,32+/m1/s1. The molecule has 216 valence electrons. The number of aliphatic hydroxyl groups is 1. The average molecular weight is 565 g/mol. The van der Waals surface area contributed by atoms with Gasteiger partial charge in [-0.05, 0) is 34.8 Å². The fourth-order valence-corrected chi connectivity index (χ4v) is 5.75. The van der Waals surface area contributed by atoms with Gasteiger partial charge in [0.1, 0.15) is 24.4 Å². The minimum absolute atomic E-state index is 0.0628. The first-order valence-corrected chi connectivity index (χ1v) is 17.0. The van der Waals surface area contributed by atoms with Crippen LogP contribution in [0.5, 0.6) is 0 Å². The van der Waals surface area contributed by atoms with Crippen molar-refractivity contribution in [2.24, 2.45) is 0 Å². The first kappa shape index (κ1) is 30.6. The molecule has 6 nitrogen and oxygen atoms in total. The molecule has 0 radical (unpaired) electrons. The van der Waals surface area contributed by atoms with Crippen LogP contribution < -0.4 is 0 Å². The van der Waals surface area contributed by atoms with E-state index >= 15 is 0 Å². The zero-order valence-electron chi connectivity index (χ0n) is 24.4. The summed E-state index contributed by atoms with van der Waals surface area (Å²) < 4.78 is 32.2. The van der Waals surface area contributed by atoms with Crippen molar-refractivity contribution >= 4 is 8.32 Å². The summed E-state index contributed by atoms with van der Waals surface area (Å²) in [6.07, 6.45) is -3.56. The fraction of sp³-hybridized carbons (Fsp3) is 0.455. The minimum Gasteiger partial charge on any atom is -0.406 e. The number of rotatable bonds is 12. The molecule has 1 N–H and O–H groups in total. The Morgan fingerprint density at radius 2 is 1.12 bits per heavy atom. The summed E-state index contributed by atoms with van der Waals surface area (Å²) in [5.41, 5.74) is 3.14. The molecule has 3 aromatic rings. The number of benzene rings is 3. The van der Waals surface area contributed by atoms with E-state index in [0.29, 0.717) is 19.8 Å². The summed E-state index contributed by atoms with van der Waals surface area (Å²) in [7, 11) is -2.30. The van der Waals surface area contributed by atoms with Gasteiger partial charge in [-0.1, -0.05) is 112 Å². The number of hydrogen-bond acceptors (Lipinski definition) is 6. The monoisotopic (exact) mass is 564 g/mol. The van der Waals surface area contributed by atoms with Crippen LogP contribution in [0.3, 0.4) is 0 Å². The predicted molar refractivity (Wildman–Crippen MR) is 159 cm³/mol. The molecule has 1 aliphatic heterocycles. The van der Waals surface area contributed by atoms with Crippen molar-refractivity contribution in [3.05, 3.63) is 108 Å². The Balaban J connectivity index is 1.60. The first-order valence-electron chi connectivity index (χ1n) is 14.1. The second kappa shape index (κ2) is 14.0. The molecule has 0 saturated carbocycles. The fourth-order valence-electron chi connectivity index (χ4n) is 4.46. The van der Waals surface area contributed by atoms with Crippen molar-refractivity contribution < 1.29 is 28.5 Å². The van der Waals surface area contributed by atoms with Gasteiger partial charge in [0, 0.05) is 0 Å². The van der Waals surface area contributed by atoms with E-state index in [1.54, 1.807) is 0 Å². The number of aliphatic hydroxyl groups excluding tert-OH is 1. The third-order valence-electron chi connectivity index (χ3n) is 7.81. The summed E-state index contributed by atoms with van der Waals surface area (Å²) in [4.78, 5) is 0. The maximum absolute atomic E-state index is 11.3. The summed E-state index contributed by atoms with van der Waals surface area (Å²) in [5, 5.41) is 11.3. The Kier molecular flexibility index (Phi) is 10.7. The van der Waals surface area contributed by atoms with Crippen molar-refractivity contribution in [1.29, 1.82) is 0 Å². The third kappa shape index (κ3) is 8.33. The van der Waals surface area contributed by atoms with E-state index in [9.17, 15) is 5.11 Å². The Labute approximate surface area is 240 Å². The highest BCUT2D eigenvalue weighted by atomic mass is 28.4. The molecule has 1 aliphatic rings. The van der Waals surface area contributed by atoms with Crippen molar-refractivity contribution in [2.45, 2.75) is 89.4 Å². The summed E-state index contributed by atoms with van der Waals surface area (Å²) in [6.45, 7) is 12.3. The van der Waals surface area contributed by atoms with E-state index < -0.39 is 39.0 Å². The van der Waals surface area contributed by atoms with Crippen LogP contribution in [0.1, 0.15) is 37.5 Å². The quantitative estimate of drug-likeness (QED) is 0.254. The first-order chi connectivity index (χ1) is 19.1. The summed E-state index contributed by atoms with van der Waals surface area (Å²) >= 11 is 0. The predicted octanol–water partition coefficient (Wildman–Crippen LogP) is 6.48. The number of ether oxygens (including phenoxy) is 4. The van der Waals surface area contributed by atoms with Gasteiger partial charge in [0.15, 0.2) is 14.6 Å². The normalized spacial score (nSPS) is 23.7. The molecule has 0 bridgehead atoms. The van der Waals surface area contributed by atoms with Crippen LogP contribution in [0.2, 0.25) is 18.1 Å². The molecular formula is C33H44O6Si. The molecule has 0 aromatic heterocycles. The summed E-state index contributed by atoms with van der Waals surface area (Å²) in [6, 6.07) is 30.1. The van der Waals surface area contributed by atoms with Crippen LogP contribution in [0.15, 0.2) is 91.0 Å². The van der Waals surface area contributed by atoms with Crippen LogP contribution in [0.4, 0.5) is 0 Å². The molecule has 40 heavy (non-hydrogen) atoms. The van der Waals surface area contributed by atoms with Crippen molar-refractivity contribution in [3.63, 3.8) is 0 Å². The van der Waals surface area contributed by atoms with Gasteiger partial charge in [0.2, 0.25) is 0 Å². The van der Waals surface area contributed by atoms with E-state index in [1.807, 2.05) is 91.0 Å². The van der Waals surface area contributed by atoms with Gasteiger partial charge in [0.25, 0.3) is 0 Å². The van der Waals surface area contributed by atoms with Crippen LogP contribution in [0, 0.1) is 0 Å². The molecule has 7 heteroatoms. The van der Waals surface area contributed by atoms with E-state index in [-0.39, 0.29) is 11.6 Å². The highest BCUT2D eigenvalue weighted by molar-refractivity contribution is 6.74. The molecule has 5 atom stereocenters. The lowest BCUT2D eigenvalue weighted by Crippen LogP contribution is -2.63. The van der Waals surface area contributed by atoms with Crippen molar-refractivity contribution in [2.75, 3.05) is 6.61 Å². The highest BCUT2D eigenvalue weighted by Crippen LogP contribution is 2.40. The van der Waals surface area contributed by atoms with Crippen molar-refractivity contribution in [1.82, 2.24) is 0 Å². The van der Waals surface area contributed by atoms with Gasteiger partial charge in [0.05, 0.1) is 26.4 Å². The average Bonchev–Trinajstić information content (AvgIpc) is 2.94. The minimum atomic E-state index is -2.30. The Bertz CT molecular complexity index is 1140. The second-order valence-corrected chi connectivity index (χ2v) is 16.7. The zero-order valence-corrected chi connectivity index (χ0v) is 25.4. The van der Waals surface area contributed by atoms with E-state index in [4.69, 9.17) is 23.4 Å². The SMILES string of the molecule is CC(C)(C)[Si](C)(C)O[C@H]1[C@@H](OCc2ccccc2)[C@H](OCc2ccccc2)[C@@H](COCc2ccccc2)O[C@@H]1O. The molecule has 0 unspecified atom stereocenters. The lowest BCUT2D eigenvalue weighted by molar-refractivity contribution is -0.303. The highest BCUT2D eigenvalue weighted by Gasteiger charge is 2.51. The van der Waals surface area contributed by atoms with Crippen molar-refractivity contribution in [3.8, 4) is 0 Å². The van der Waals surface area contributed by atoms with Crippen LogP contribution in [-0.2, 0) is 43.2 Å². The van der Waals surface area contributed by atoms with Gasteiger partial charge in [-0.2, -0.15) is 0 Å². The molecule has 1 saturated heterocycles. The molecule has 0 amide bonds. The van der Waals surface area contributed by atoms with Gasteiger partial charge in [-0.3, -0.25) is 0 Å². The Morgan fingerprint density at radius 1 is 0.675 bits per heavy atom.